The number of piperidine rings is 1. The van der Waals surface area contributed by atoms with Crippen LogP contribution in [0.25, 0.3) is 0 Å². The molecule has 2 heterocycles. The molecule has 2 aliphatic rings. The first-order chi connectivity index (χ1) is 11.1. The molecule has 4 unspecified atom stereocenters. The van der Waals surface area contributed by atoms with Gasteiger partial charge in [0.2, 0.25) is 0 Å². The van der Waals surface area contributed by atoms with Crippen molar-refractivity contribution in [3.05, 3.63) is 28.2 Å². The van der Waals surface area contributed by atoms with Crippen molar-refractivity contribution in [3.63, 3.8) is 0 Å². The number of ether oxygens (including phenoxy) is 1. The highest BCUT2D eigenvalue weighted by molar-refractivity contribution is 6.42. The second kappa shape index (κ2) is 7.63. The highest BCUT2D eigenvalue weighted by atomic mass is 35.5. The van der Waals surface area contributed by atoms with Gasteiger partial charge in [-0.05, 0) is 50.8 Å². The molecular formula is C19H27Cl2NO. The van der Waals surface area contributed by atoms with Crippen molar-refractivity contribution < 1.29 is 4.74 Å². The summed E-state index contributed by atoms with van der Waals surface area (Å²) in [6.45, 7) is 3.07. The van der Waals surface area contributed by atoms with E-state index in [-0.39, 0.29) is 0 Å². The summed E-state index contributed by atoms with van der Waals surface area (Å²) in [5.74, 6) is 2.25. The lowest BCUT2D eigenvalue weighted by Crippen LogP contribution is -2.48. The third-order valence-electron chi connectivity index (χ3n) is 5.83. The van der Waals surface area contributed by atoms with Crippen molar-refractivity contribution in [2.75, 3.05) is 13.7 Å². The molecule has 2 nitrogen and oxygen atoms in total. The summed E-state index contributed by atoms with van der Waals surface area (Å²) in [7, 11) is 2.30. The SMILES string of the molecule is CCCCC1CC2CCC(C1COc1ccc(Cl)c(Cl)c1)N2C. The first kappa shape index (κ1) is 17.4. The Hall–Kier alpha value is -0.440. The van der Waals surface area contributed by atoms with Crippen molar-refractivity contribution >= 4 is 23.2 Å². The Kier molecular flexibility index (Phi) is 5.77. The average molecular weight is 356 g/mol. The number of hydrogen-bond donors (Lipinski definition) is 0. The Bertz CT molecular complexity index is 536. The fraction of sp³-hybridized carbons (Fsp3) is 0.684. The highest BCUT2D eigenvalue weighted by Gasteiger charge is 2.45. The topological polar surface area (TPSA) is 12.5 Å². The van der Waals surface area contributed by atoms with E-state index in [1.165, 1.54) is 38.5 Å². The number of nitrogens with zero attached hydrogens (tertiary/aromatic N) is 1. The van der Waals surface area contributed by atoms with E-state index < -0.39 is 0 Å². The van der Waals surface area contributed by atoms with Gasteiger partial charge in [0.1, 0.15) is 5.75 Å². The summed E-state index contributed by atoms with van der Waals surface area (Å²) in [4.78, 5) is 2.60. The van der Waals surface area contributed by atoms with E-state index in [0.717, 1.165) is 24.3 Å². The molecule has 1 aromatic carbocycles. The Morgan fingerprint density at radius 3 is 2.78 bits per heavy atom. The number of hydrogen-bond acceptors (Lipinski definition) is 2. The van der Waals surface area contributed by atoms with E-state index in [1.807, 2.05) is 18.2 Å². The van der Waals surface area contributed by atoms with Crippen LogP contribution in [0.2, 0.25) is 10.0 Å². The molecular weight excluding hydrogens is 329 g/mol. The Balaban J connectivity index is 1.67. The lowest BCUT2D eigenvalue weighted by molar-refractivity contribution is 0.0332. The predicted molar refractivity (Wildman–Crippen MR) is 97.7 cm³/mol. The molecule has 1 aromatic rings. The van der Waals surface area contributed by atoms with Crippen LogP contribution in [0.5, 0.6) is 5.75 Å². The molecule has 4 heteroatoms. The molecule has 128 valence electrons. The molecule has 2 aliphatic heterocycles. The molecule has 4 atom stereocenters. The first-order valence-corrected chi connectivity index (χ1v) is 9.65. The standard InChI is InChI=1S/C19H27Cl2NO/c1-3-4-5-13-10-14-6-9-19(22(14)2)16(13)12-23-15-7-8-17(20)18(21)11-15/h7-8,11,13-14,16,19H,3-6,9-10,12H2,1-2H3. The van der Waals surface area contributed by atoms with Gasteiger partial charge in [-0.2, -0.15) is 0 Å². The molecule has 0 saturated carbocycles. The molecule has 0 N–H and O–H groups in total. The van der Waals surface area contributed by atoms with Gasteiger partial charge < -0.3 is 9.64 Å². The van der Waals surface area contributed by atoms with Crippen LogP contribution >= 0.6 is 23.2 Å². The molecule has 2 saturated heterocycles. The van der Waals surface area contributed by atoms with E-state index in [9.17, 15) is 0 Å². The van der Waals surface area contributed by atoms with Gasteiger partial charge in [-0.25, -0.2) is 0 Å². The molecule has 23 heavy (non-hydrogen) atoms. The zero-order valence-corrected chi connectivity index (χ0v) is 15.6. The van der Waals surface area contributed by atoms with Crippen LogP contribution in [-0.2, 0) is 0 Å². The summed E-state index contributed by atoms with van der Waals surface area (Å²) in [5.41, 5.74) is 0. The van der Waals surface area contributed by atoms with Crippen LogP contribution in [0.15, 0.2) is 18.2 Å². The minimum atomic E-state index is 0.563. The number of halogens is 2. The molecule has 0 radical (unpaired) electrons. The van der Waals surface area contributed by atoms with Crippen LogP contribution in [0.1, 0.15) is 45.4 Å². The van der Waals surface area contributed by atoms with Gasteiger partial charge in [0.25, 0.3) is 0 Å². The summed E-state index contributed by atoms with van der Waals surface area (Å²) < 4.78 is 6.12. The molecule has 2 fully saturated rings. The Morgan fingerprint density at radius 1 is 1.22 bits per heavy atom. The number of unbranched alkanes of at least 4 members (excludes halogenated alkanes) is 1. The number of benzene rings is 1. The maximum Gasteiger partial charge on any atom is 0.120 e. The van der Waals surface area contributed by atoms with Crippen molar-refractivity contribution in [1.82, 2.24) is 4.90 Å². The third-order valence-corrected chi connectivity index (χ3v) is 6.57. The first-order valence-electron chi connectivity index (χ1n) is 8.90. The lowest BCUT2D eigenvalue weighted by atomic mass is 9.78. The van der Waals surface area contributed by atoms with Crippen molar-refractivity contribution in [2.45, 2.75) is 57.5 Å². The van der Waals surface area contributed by atoms with E-state index in [2.05, 4.69) is 18.9 Å². The largest absolute Gasteiger partial charge is 0.493 e. The van der Waals surface area contributed by atoms with Crippen molar-refractivity contribution in [2.24, 2.45) is 11.8 Å². The van der Waals surface area contributed by atoms with Crippen LogP contribution in [0.4, 0.5) is 0 Å². The zero-order valence-electron chi connectivity index (χ0n) is 14.1. The van der Waals surface area contributed by atoms with E-state index in [4.69, 9.17) is 27.9 Å². The monoisotopic (exact) mass is 355 g/mol. The maximum atomic E-state index is 6.12. The minimum Gasteiger partial charge on any atom is -0.493 e. The molecule has 0 aliphatic carbocycles. The van der Waals surface area contributed by atoms with Crippen LogP contribution in [0, 0.1) is 11.8 Å². The van der Waals surface area contributed by atoms with Crippen molar-refractivity contribution in [1.29, 1.82) is 0 Å². The fourth-order valence-corrected chi connectivity index (χ4v) is 4.77. The predicted octanol–water partition coefficient (Wildman–Crippen LogP) is 5.66. The van der Waals surface area contributed by atoms with Crippen LogP contribution in [0.3, 0.4) is 0 Å². The molecule has 0 spiro atoms. The second-order valence-corrected chi connectivity index (χ2v) is 7.97. The van der Waals surface area contributed by atoms with Crippen molar-refractivity contribution in [3.8, 4) is 5.75 Å². The van der Waals surface area contributed by atoms with Gasteiger partial charge in [-0.1, -0.05) is 43.0 Å². The summed E-state index contributed by atoms with van der Waals surface area (Å²) in [5, 5.41) is 1.14. The van der Waals surface area contributed by atoms with Gasteiger partial charge in [-0.3, -0.25) is 0 Å². The van der Waals surface area contributed by atoms with E-state index >= 15 is 0 Å². The normalized spacial score (nSPS) is 30.6. The molecule has 0 aromatic heterocycles. The zero-order chi connectivity index (χ0) is 16.4. The maximum absolute atomic E-state index is 6.12. The minimum absolute atomic E-state index is 0.563. The van der Waals surface area contributed by atoms with E-state index in [0.29, 0.717) is 22.0 Å². The number of fused-ring (bicyclic) bond motifs is 2. The van der Waals surface area contributed by atoms with Crippen LogP contribution < -0.4 is 4.74 Å². The van der Waals surface area contributed by atoms with E-state index in [1.54, 1.807) is 0 Å². The summed E-state index contributed by atoms with van der Waals surface area (Å²) in [6.07, 6.45) is 7.96. The second-order valence-electron chi connectivity index (χ2n) is 7.15. The lowest BCUT2D eigenvalue weighted by Gasteiger charge is -2.43. The number of rotatable bonds is 6. The fourth-order valence-electron chi connectivity index (χ4n) is 4.48. The quantitative estimate of drug-likeness (QED) is 0.652. The Morgan fingerprint density at radius 2 is 2.04 bits per heavy atom. The molecule has 0 amide bonds. The smallest absolute Gasteiger partial charge is 0.120 e. The van der Waals surface area contributed by atoms with Gasteiger partial charge in [0, 0.05) is 24.1 Å². The Labute approximate surface area is 150 Å². The van der Waals surface area contributed by atoms with Gasteiger partial charge >= 0.3 is 0 Å². The third kappa shape index (κ3) is 3.81. The highest BCUT2D eigenvalue weighted by Crippen LogP contribution is 2.43. The van der Waals surface area contributed by atoms with Gasteiger partial charge in [-0.15, -0.1) is 0 Å². The van der Waals surface area contributed by atoms with Gasteiger partial charge in [0.05, 0.1) is 16.7 Å². The van der Waals surface area contributed by atoms with Crippen LogP contribution in [-0.4, -0.2) is 30.6 Å². The summed E-state index contributed by atoms with van der Waals surface area (Å²) >= 11 is 12.1. The molecule has 3 rings (SSSR count). The van der Waals surface area contributed by atoms with Gasteiger partial charge in [0.15, 0.2) is 0 Å². The average Bonchev–Trinajstić information content (AvgIpc) is 2.79. The molecule has 2 bridgehead atoms. The summed E-state index contributed by atoms with van der Waals surface area (Å²) in [6, 6.07) is 7.03.